The maximum atomic E-state index is 12.4. The van der Waals surface area contributed by atoms with E-state index < -0.39 is 12.1 Å². The number of aromatic amines is 1. The molecule has 0 saturated carbocycles. The van der Waals surface area contributed by atoms with E-state index in [0.29, 0.717) is 31.8 Å². The van der Waals surface area contributed by atoms with Crippen LogP contribution in [0.1, 0.15) is 18.4 Å². The number of nitrogens with zero attached hydrogens (tertiary/aromatic N) is 4. The summed E-state index contributed by atoms with van der Waals surface area (Å²) in [7, 11) is 0. The lowest BCUT2D eigenvalue weighted by Crippen LogP contribution is -2.19. The van der Waals surface area contributed by atoms with Crippen LogP contribution >= 0.6 is 11.6 Å². The summed E-state index contributed by atoms with van der Waals surface area (Å²) in [5, 5.41) is 21.2. The van der Waals surface area contributed by atoms with Gasteiger partial charge in [-0.1, -0.05) is 17.7 Å². The van der Waals surface area contributed by atoms with Gasteiger partial charge in [-0.15, -0.1) is 23.4 Å². The number of aromatic nitrogens is 5. The maximum absolute atomic E-state index is 12.4. The summed E-state index contributed by atoms with van der Waals surface area (Å²) in [6, 6.07) is 7.80. The summed E-state index contributed by atoms with van der Waals surface area (Å²) in [6.45, 7) is 1.38. The smallest absolute Gasteiger partial charge is 0.404 e. The number of fused-ring (bicyclic) bond motifs is 1. The number of rotatable bonds is 12. The fourth-order valence-electron chi connectivity index (χ4n) is 3.52. The second-order valence-electron chi connectivity index (χ2n) is 7.99. The van der Waals surface area contributed by atoms with Crippen LogP contribution in [-0.2, 0) is 16.1 Å². The Morgan fingerprint density at radius 1 is 1.14 bits per heavy atom. The lowest BCUT2D eigenvalue weighted by Gasteiger charge is -2.12. The summed E-state index contributed by atoms with van der Waals surface area (Å²) in [6.07, 6.45) is 1.45. The molecule has 2 aromatic heterocycles. The molecule has 14 heteroatoms. The molecular formula is C23H23ClF3N7O3. The number of anilines is 1. The molecule has 2 aromatic carbocycles. The molecule has 4 aromatic rings. The van der Waals surface area contributed by atoms with Crippen LogP contribution in [-0.4, -0.2) is 57.0 Å². The zero-order valence-electron chi connectivity index (χ0n) is 19.4. The SMILES string of the molecule is O=C(COCCCCNCc1ccc(OC(F)(F)F)c(Cl)c1)Nc1cc(-n2cnnc2)cc2[nH]ncc12. The number of halogens is 4. The Labute approximate surface area is 214 Å². The molecule has 0 aliphatic heterocycles. The molecule has 3 N–H and O–H groups in total. The monoisotopic (exact) mass is 537 g/mol. The fraction of sp³-hybridized carbons (Fsp3) is 0.304. The van der Waals surface area contributed by atoms with Crippen LogP contribution in [0.15, 0.2) is 49.2 Å². The van der Waals surface area contributed by atoms with Crippen LogP contribution in [0.5, 0.6) is 5.75 Å². The minimum absolute atomic E-state index is 0.103. The molecule has 0 aliphatic carbocycles. The molecule has 37 heavy (non-hydrogen) atoms. The third kappa shape index (κ3) is 7.65. The van der Waals surface area contributed by atoms with Crippen molar-refractivity contribution in [3.63, 3.8) is 0 Å². The summed E-state index contributed by atoms with van der Waals surface area (Å²) in [5.74, 6) is -0.729. The van der Waals surface area contributed by atoms with E-state index in [1.807, 2.05) is 6.07 Å². The van der Waals surface area contributed by atoms with E-state index in [2.05, 4.69) is 35.8 Å². The van der Waals surface area contributed by atoms with E-state index in [0.717, 1.165) is 28.6 Å². The van der Waals surface area contributed by atoms with Crippen molar-refractivity contribution < 1.29 is 27.4 Å². The molecule has 0 fully saturated rings. The molecule has 10 nitrogen and oxygen atoms in total. The summed E-state index contributed by atoms with van der Waals surface area (Å²) >= 11 is 5.85. The van der Waals surface area contributed by atoms with Crippen LogP contribution in [0.4, 0.5) is 18.9 Å². The van der Waals surface area contributed by atoms with E-state index in [1.165, 1.54) is 18.2 Å². The first-order valence-electron chi connectivity index (χ1n) is 11.2. The van der Waals surface area contributed by atoms with Gasteiger partial charge in [0.2, 0.25) is 5.91 Å². The molecule has 0 atom stereocenters. The normalized spacial score (nSPS) is 11.7. The quantitative estimate of drug-likeness (QED) is 0.231. The molecule has 196 valence electrons. The Kier molecular flexibility index (Phi) is 8.58. The third-order valence-electron chi connectivity index (χ3n) is 5.21. The van der Waals surface area contributed by atoms with Gasteiger partial charge in [0.15, 0.2) is 0 Å². The van der Waals surface area contributed by atoms with Crippen molar-refractivity contribution in [3.8, 4) is 11.4 Å². The number of alkyl halides is 3. The number of nitrogens with one attached hydrogen (secondary N) is 3. The number of carbonyl (C=O) groups excluding carboxylic acids is 1. The highest BCUT2D eigenvalue weighted by Gasteiger charge is 2.32. The van der Waals surface area contributed by atoms with Gasteiger partial charge in [0.1, 0.15) is 25.0 Å². The summed E-state index contributed by atoms with van der Waals surface area (Å²) in [5.41, 5.74) is 2.83. The van der Waals surface area contributed by atoms with Crippen molar-refractivity contribution in [1.29, 1.82) is 0 Å². The summed E-state index contributed by atoms with van der Waals surface area (Å²) < 4.78 is 48.0. The summed E-state index contributed by atoms with van der Waals surface area (Å²) in [4.78, 5) is 12.4. The van der Waals surface area contributed by atoms with Crippen LogP contribution in [0.25, 0.3) is 16.6 Å². The van der Waals surface area contributed by atoms with E-state index in [-0.39, 0.29) is 17.5 Å². The second-order valence-corrected chi connectivity index (χ2v) is 8.40. The topological polar surface area (TPSA) is 119 Å². The number of amides is 1. The number of ether oxygens (including phenoxy) is 2. The first-order chi connectivity index (χ1) is 17.8. The lowest BCUT2D eigenvalue weighted by molar-refractivity contribution is -0.274. The first kappa shape index (κ1) is 26.4. The standard InChI is InChI=1S/C23H23ClF3N7O3/c24-18-7-15(3-4-21(18)37-23(25,26)27)10-28-5-1-2-6-36-12-22(35)32-19-8-16(34-13-30-31-14-34)9-20-17(19)11-29-33-20/h3-4,7-9,11,13-14,28H,1-2,5-6,10,12H2,(H,29,33)(H,32,35). The predicted molar refractivity (Wildman–Crippen MR) is 130 cm³/mol. The maximum Gasteiger partial charge on any atom is 0.573 e. The number of H-pyrrole nitrogens is 1. The lowest BCUT2D eigenvalue weighted by atomic mass is 10.2. The Bertz CT molecular complexity index is 1330. The van der Waals surface area contributed by atoms with Gasteiger partial charge >= 0.3 is 6.36 Å². The van der Waals surface area contributed by atoms with Crippen LogP contribution in [0, 0.1) is 0 Å². The van der Waals surface area contributed by atoms with Crippen molar-refractivity contribution in [3.05, 3.63) is 59.8 Å². The van der Waals surface area contributed by atoms with Gasteiger partial charge in [-0.05, 0) is 49.2 Å². The molecule has 0 unspecified atom stereocenters. The van der Waals surface area contributed by atoms with Gasteiger partial charge in [-0.25, -0.2) is 0 Å². The average Bonchev–Trinajstić information content (AvgIpc) is 3.54. The zero-order valence-corrected chi connectivity index (χ0v) is 20.1. The van der Waals surface area contributed by atoms with Crippen molar-refractivity contribution in [2.24, 2.45) is 0 Å². The van der Waals surface area contributed by atoms with E-state index in [4.69, 9.17) is 16.3 Å². The zero-order chi connectivity index (χ0) is 26.3. The highest BCUT2D eigenvalue weighted by Crippen LogP contribution is 2.30. The molecule has 2 heterocycles. The van der Waals surface area contributed by atoms with E-state index in [1.54, 1.807) is 29.5 Å². The fourth-order valence-corrected chi connectivity index (χ4v) is 3.76. The van der Waals surface area contributed by atoms with Gasteiger partial charge in [0.05, 0.1) is 28.1 Å². The number of hydrogen-bond donors (Lipinski definition) is 3. The van der Waals surface area contributed by atoms with Crippen LogP contribution < -0.4 is 15.4 Å². The van der Waals surface area contributed by atoms with Gasteiger partial charge in [-0.2, -0.15) is 5.10 Å². The highest BCUT2D eigenvalue weighted by atomic mass is 35.5. The number of benzene rings is 2. The van der Waals surface area contributed by atoms with E-state index in [9.17, 15) is 18.0 Å². The highest BCUT2D eigenvalue weighted by molar-refractivity contribution is 6.32. The third-order valence-corrected chi connectivity index (χ3v) is 5.51. The second kappa shape index (κ2) is 12.0. The molecule has 0 spiro atoms. The molecule has 4 rings (SSSR count). The molecular weight excluding hydrogens is 515 g/mol. The molecule has 0 aliphatic rings. The van der Waals surface area contributed by atoms with Crippen molar-refractivity contribution in [2.75, 3.05) is 25.1 Å². The molecule has 1 amide bonds. The molecule has 0 bridgehead atoms. The van der Waals surface area contributed by atoms with Crippen molar-refractivity contribution in [1.82, 2.24) is 30.3 Å². The van der Waals surface area contributed by atoms with Crippen LogP contribution in [0.3, 0.4) is 0 Å². The Morgan fingerprint density at radius 2 is 1.95 bits per heavy atom. The van der Waals surface area contributed by atoms with Gasteiger partial charge in [0.25, 0.3) is 0 Å². The van der Waals surface area contributed by atoms with Crippen molar-refractivity contribution >= 4 is 34.1 Å². The van der Waals surface area contributed by atoms with Gasteiger partial charge in [-0.3, -0.25) is 14.5 Å². The first-order valence-corrected chi connectivity index (χ1v) is 11.6. The molecule has 0 saturated heterocycles. The largest absolute Gasteiger partial charge is 0.573 e. The predicted octanol–water partition coefficient (Wildman–Crippen LogP) is 4.22. The Morgan fingerprint density at radius 3 is 2.70 bits per heavy atom. The minimum Gasteiger partial charge on any atom is -0.404 e. The van der Waals surface area contributed by atoms with Crippen molar-refractivity contribution in [2.45, 2.75) is 25.7 Å². The number of carbonyl (C=O) groups is 1. The Balaban J connectivity index is 1.14. The van der Waals surface area contributed by atoms with Crippen LogP contribution in [0.2, 0.25) is 5.02 Å². The molecule has 0 radical (unpaired) electrons. The number of unbranched alkanes of at least 4 members (excludes halogenated alkanes) is 1. The van der Waals surface area contributed by atoms with Gasteiger partial charge in [0, 0.05) is 18.5 Å². The number of hydrogen-bond acceptors (Lipinski definition) is 7. The van der Waals surface area contributed by atoms with Gasteiger partial charge < -0.3 is 20.1 Å². The average molecular weight is 538 g/mol. The Hall–Kier alpha value is -3.68. The minimum atomic E-state index is -4.79. The van der Waals surface area contributed by atoms with E-state index >= 15 is 0 Å².